The number of amides is 1. The standard InChI is InChI=1S/C12H16N2O3/c13-10-2-4-11(5-3-10)16-9-7-14-6-1-8-17-12(14)15/h2-5H,1,6-9,13H2. The van der Waals surface area contributed by atoms with Crippen LogP contribution in [0.15, 0.2) is 24.3 Å². The summed E-state index contributed by atoms with van der Waals surface area (Å²) < 4.78 is 10.4. The van der Waals surface area contributed by atoms with Crippen molar-refractivity contribution in [2.75, 3.05) is 32.0 Å². The number of nitrogen functional groups attached to an aromatic ring is 1. The third kappa shape index (κ3) is 3.27. The van der Waals surface area contributed by atoms with Gasteiger partial charge in [-0.05, 0) is 30.7 Å². The highest BCUT2D eigenvalue weighted by Crippen LogP contribution is 2.13. The van der Waals surface area contributed by atoms with E-state index >= 15 is 0 Å². The number of carbonyl (C=O) groups is 1. The molecule has 17 heavy (non-hydrogen) atoms. The van der Waals surface area contributed by atoms with Gasteiger partial charge in [0, 0.05) is 12.2 Å². The van der Waals surface area contributed by atoms with Gasteiger partial charge in [-0.3, -0.25) is 0 Å². The first-order valence-corrected chi connectivity index (χ1v) is 5.66. The number of nitrogens with zero attached hydrogens (tertiary/aromatic N) is 1. The predicted octanol–water partition coefficient (Wildman–Crippen LogP) is 1.49. The molecular weight excluding hydrogens is 220 g/mol. The first-order chi connectivity index (χ1) is 8.25. The lowest BCUT2D eigenvalue weighted by atomic mass is 10.3. The molecule has 0 unspecified atom stereocenters. The number of benzene rings is 1. The van der Waals surface area contributed by atoms with Gasteiger partial charge in [0.25, 0.3) is 0 Å². The molecular formula is C12H16N2O3. The predicted molar refractivity (Wildman–Crippen MR) is 63.9 cm³/mol. The van der Waals surface area contributed by atoms with Gasteiger partial charge in [-0.15, -0.1) is 0 Å². The highest BCUT2D eigenvalue weighted by Gasteiger charge is 2.18. The van der Waals surface area contributed by atoms with E-state index in [0.29, 0.717) is 25.4 Å². The Morgan fingerprint density at radius 2 is 2.12 bits per heavy atom. The second-order valence-corrected chi connectivity index (χ2v) is 3.87. The number of hydrogen-bond donors (Lipinski definition) is 1. The van der Waals surface area contributed by atoms with E-state index in [1.807, 2.05) is 12.1 Å². The average molecular weight is 236 g/mol. The molecule has 2 rings (SSSR count). The fraction of sp³-hybridized carbons (Fsp3) is 0.417. The Balaban J connectivity index is 1.75. The molecule has 0 spiro atoms. The molecule has 0 radical (unpaired) electrons. The number of hydrogen-bond acceptors (Lipinski definition) is 4. The third-order valence-electron chi connectivity index (χ3n) is 2.57. The largest absolute Gasteiger partial charge is 0.492 e. The van der Waals surface area contributed by atoms with Crippen molar-refractivity contribution in [1.29, 1.82) is 0 Å². The van der Waals surface area contributed by atoms with Crippen LogP contribution in [0, 0.1) is 0 Å². The van der Waals surface area contributed by atoms with Crippen LogP contribution in [-0.2, 0) is 4.74 Å². The number of ether oxygens (including phenoxy) is 2. The van der Waals surface area contributed by atoms with Gasteiger partial charge in [-0.1, -0.05) is 0 Å². The van der Waals surface area contributed by atoms with Crippen molar-refractivity contribution in [2.24, 2.45) is 0 Å². The first-order valence-electron chi connectivity index (χ1n) is 5.66. The van der Waals surface area contributed by atoms with Crippen LogP contribution in [0.5, 0.6) is 5.75 Å². The minimum Gasteiger partial charge on any atom is -0.492 e. The lowest BCUT2D eigenvalue weighted by Gasteiger charge is -2.26. The van der Waals surface area contributed by atoms with Crippen molar-refractivity contribution in [3.8, 4) is 5.75 Å². The van der Waals surface area contributed by atoms with Crippen LogP contribution in [0.4, 0.5) is 10.5 Å². The van der Waals surface area contributed by atoms with Gasteiger partial charge in [0.05, 0.1) is 13.2 Å². The minimum atomic E-state index is -0.253. The Hall–Kier alpha value is -1.91. The molecule has 0 atom stereocenters. The van der Waals surface area contributed by atoms with E-state index in [9.17, 15) is 4.79 Å². The van der Waals surface area contributed by atoms with Gasteiger partial charge in [-0.2, -0.15) is 0 Å². The van der Waals surface area contributed by atoms with Gasteiger partial charge >= 0.3 is 6.09 Å². The number of rotatable bonds is 4. The molecule has 1 fully saturated rings. The lowest BCUT2D eigenvalue weighted by molar-refractivity contribution is 0.0672. The lowest BCUT2D eigenvalue weighted by Crippen LogP contribution is -2.40. The van der Waals surface area contributed by atoms with Crippen molar-refractivity contribution in [3.05, 3.63) is 24.3 Å². The fourth-order valence-corrected chi connectivity index (χ4v) is 1.64. The van der Waals surface area contributed by atoms with Crippen LogP contribution in [0.2, 0.25) is 0 Å². The summed E-state index contributed by atoms with van der Waals surface area (Å²) in [6, 6.07) is 7.18. The van der Waals surface area contributed by atoms with Crippen LogP contribution in [-0.4, -0.2) is 37.3 Å². The molecule has 1 aromatic carbocycles. The molecule has 0 aliphatic carbocycles. The Morgan fingerprint density at radius 3 is 2.82 bits per heavy atom. The monoisotopic (exact) mass is 236 g/mol. The van der Waals surface area contributed by atoms with Crippen molar-refractivity contribution >= 4 is 11.8 Å². The average Bonchev–Trinajstić information content (AvgIpc) is 2.34. The van der Waals surface area contributed by atoms with Crippen LogP contribution in [0.3, 0.4) is 0 Å². The number of cyclic esters (lactones) is 1. The van der Waals surface area contributed by atoms with E-state index in [2.05, 4.69) is 0 Å². The molecule has 1 aliphatic rings. The van der Waals surface area contributed by atoms with Crippen LogP contribution in [0.25, 0.3) is 0 Å². The van der Waals surface area contributed by atoms with E-state index in [0.717, 1.165) is 18.7 Å². The second-order valence-electron chi connectivity index (χ2n) is 3.87. The summed E-state index contributed by atoms with van der Waals surface area (Å²) in [6.07, 6.45) is 0.630. The maximum Gasteiger partial charge on any atom is 0.409 e. The van der Waals surface area contributed by atoms with Crippen molar-refractivity contribution < 1.29 is 14.3 Å². The molecule has 0 saturated carbocycles. The van der Waals surface area contributed by atoms with E-state index in [-0.39, 0.29) is 6.09 Å². The Kier molecular flexibility index (Phi) is 3.69. The Bertz CT molecular complexity index is 378. The molecule has 1 aromatic rings. The topological polar surface area (TPSA) is 64.8 Å². The molecule has 1 heterocycles. The van der Waals surface area contributed by atoms with Crippen molar-refractivity contribution in [2.45, 2.75) is 6.42 Å². The molecule has 1 saturated heterocycles. The van der Waals surface area contributed by atoms with E-state index in [1.165, 1.54) is 0 Å². The summed E-state index contributed by atoms with van der Waals surface area (Å²) in [4.78, 5) is 13.0. The molecule has 5 nitrogen and oxygen atoms in total. The molecule has 2 N–H and O–H groups in total. The van der Waals surface area contributed by atoms with Crippen molar-refractivity contribution in [1.82, 2.24) is 4.90 Å². The quantitative estimate of drug-likeness (QED) is 0.804. The van der Waals surface area contributed by atoms with Gasteiger partial charge in [-0.25, -0.2) is 4.79 Å². The number of anilines is 1. The Labute approximate surface area is 100 Å². The van der Waals surface area contributed by atoms with E-state index in [1.54, 1.807) is 17.0 Å². The summed E-state index contributed by atoms with van der Waals surface area (Å²) in [5.41, 5.74) is 6.27. The fourth-order valence-electron chi connectivity index (χ4n) is 1.64. The van der Waals surface area contributed by atoms with Gasteiger partial charge in [0.1, 0.15) is 12.4 Å². The van der Waals surface area contributed by atoms with E-state index in [4.69, 9.17) is 15.2 Å². The Morgan fingerprint density at radius 1 is 1.35 bits per heavy atom. The number of nitrogens with two attached hydrogens (primary N) is 1. The van der Waals surface area contributed by atoms with Gasteiger partial charge in [0.15, 0.2) is 0 Å². The zero-order chi connectivity index (χ0) is 12.1. The number of carbonyl (C=O) groups excluding carboxylic acids is 1. The maximum absolute atomic E-state index is 11.3. The van der Waals surface area contributed by atoms with Crippen LogP contribution < -0.4 is 10.5 Å². The maximum atomic E-state index is 11.3. The van der Waals surface area contributed by atoms with Crippen molar-refractivity contribution in [3.63, 3.8) is 0 Å². The van der Waals surface area contributed by atoms with Gasteiger partial charge < -0.3 is 20.1 Å². The van der Waals surface area contributed by atoms with Crippen LogP contribution >= 0.6 is 0 Å². The van der Waals surface area contributed by atoms with Crippen LogP contribution in [0.1, 0.15) is 6.42 Å². The zero-order valence-corrected chi connectivity index (χ0v) is 9.59. The van der Waals surface area contributed by atoms with E-state index < -0.39 is 0 Å². The molecule has 92 valence electrons. The zero-order valence-electron chi connectivity index (χ0n) is 9.59. The molecule has 5 heteroatoms. The molecule has 1 amide bonds. The van der Waals surface area contributed by atoms with Gasteiger partial charge in [0.2, 0.25) is 0 Å². The smallest absolute Gasteiger partial charge is 0.409 e. The highest BCUT2D eigenvalue weighted by atomic mass is 16.6. The minimum absolute atomic E-state index is 0.253. The third-order valence-corrected chi connectivity index (χ3v) is 2.57. The second kappa shape index (κ2) is 5.43. The SMILES string of the molecule is Nc1ccc(OCCN2CCCOC2=O)cc1. The summed E-state index contributed by atoms with van der Waals surface area (Å²) >= 11 is 0. The molecule has 0 bridgehead atoms. The molecule has 1 aliphatic heterocycles. The normalized spacial score (nSPS) is 15.5. The highest BCUT2D eigenvalue weighted by molar-refractivity contribution is 5.68. The first kappa shape index (κ1) is 11.6. The summed E-state index contributed by atoms with van der Waals surface area (Å²) in [6.45, 7) is 2.26. The summed E-state index contributed by atoms with van der Waals surface area (Å²) in [5.74, 6) is 0.754. The summed E-state index contributed by atoms with van der Waals surface area (Å²) in [7, 11) is 0. The summed E-state index contributed by atoms with van der Waals surface area (Å²) in [5, 5.41) is 0. The molecule has 0 aromatic heterocycles.